The zero-order valence-corrected chi connectivity index (χ0v) is 15.3. The van der Waals surface area contributed by atoms with Gasteiger partial charge in [0.1, 0.15) is 5.82 Å². The van der Waals surface area contributed by atoms with E-state index in [0.29, 0.717) is 6.54 Å². The van der Waals surface area contributed by atoms with Gasteiger partial charge < -0.3 is 5.32 Å². The van der Waals surface area contributed by atoms with E-state index in [9.17, 15) is 4.79 Å². The van der Waals surface area contributed by atoms with Gasteiger partial charge in [-0.3, -0.25) is 9.20 Å². The highest BCUT2D eigenvalue weighted by Gasteiger charge is 2.67. The molecule has 0 bridgehead atoms. The maximum Gasteiger partial charge on any atom is 0.232 e. The lowest BCUT2D eigenvalue weighted by atomic mass is 9.93. The molecule has 130 valence electrons. The fourth-order valence-corrected chi connectivity index (χ4v) is 4.82. The van der Waals surface area contributed by atoms with Gasteiger partial charge in [0.2, 0.25) is 5.91 Å². The number of rotatable bonds is 6. The predicted molar refractivity (Wildman–Crippen MR) is 98.7 cm³/mol. The molecule has 6 heteroatoms. The van der Waals surface area contributed by atoms with E-state index >= 15 is 0 Å². The first-order valence-electron chi connectivity index (χ1n) is 8.65. The first kappa shape index (κ1) is 16.3. The SMILES string of the molecule is CC1(C)C[C@@]1(C(=O)NCCCc1nnc2ccccn12)c1cccs1. The van der Waals surface area contributed by atoms with Crippen LogP contribution in [0.2, 0.25) is 0 Å². The molecule has 0 radical (unpaired) electrons. The lowest BCUT2D eigenvalue weighted by Crippen LogP contribution is -2.37. The Morgan fingerprint density at radius 1 is 1.28 bits per heavy atom. The molecule has 0 spiro atoms. The van der Waals surface area contributed by atoms with E-state index in [2.05, 4.69) is 40.8 Å². The smallest absolute Gasteiger partial charge is 0.232 e. The molecule has 0 aliphatic heterocycles. The van der Waals surface area contributed by atoms with Crippen molar-refractivity contribution in [2.75, 3.05) is 6.54 Å². The van der Waals surface area contributed by atoms with Crippen molar-refractivity contribution in [3.63, 3.8) is 0 Å². The molecule has 1 aliphatic rings. The van der Waals surface area contributed by atoms with Crippen molar-refractivity contribution in [1.29, 1.82) is 0 Å². The molecule has 3 aromatic rings. The topological polar surface area (TPSA) is 59.3 Å². The van der Waals surface area contributed by atoms with E-state index in [1.807, 2.05) is 34.9 Å². The van der Waals surface area contributed by atoms with Crippen molar-refractivity contribution >= 4 is 22.9 Å². The molecule has 3 heterocycles. The Morgan fingerprint density at radius 2 is 2.12 bits per heavy atom. The molecule has 0 saturated heterocycles. The monoisotopic (exact) mass is 354 g/mol. The zero-order chi connectivity index (χ0) is 17.5. The number of hydrogen-bond acceptors (Lipinski definition) is 4. The van der Waals surface area contributed by atoms with E-state index < -0.39 is 0 Å². The van der Waals surface area contributed by atoms with Crippen molar-refractivity contribution < 1.29 is 4.79 Å². The van der Waals surface area contributed by atoms with Gasteiger partial charge in [0.05, 0.1) is 5.41 Å². The van der Waals surface area contributed by atoms with E-state index in [-0.39, 0.29) is 16.7 Å². The summed E-state index contributed by atoms with van der Waals surface area (Å²) in [5, 5.41) is 13.6. The maximum atomic E-state index is 12.9. The molecular weight excluding hydrogens is 332 g/mol. The van der Waals surface area contributed by atoms with Crippen LogP contribution in [0.3, 0.4) is 0 Å². The van der Waals surface area contributed by atoms with Gasteiger partial charge in [-0.25, -0.2) is 0 Å². The van der Waals surface area contributed by atoms with Crippen molar-refractivity contribution in [1.82, 2.24) is 19.9 Å². The van der Waals surface area contributed by atoms with Crippen molar-refractivity contribution in [2.24, 2.45) is 5.41 Å². The van der Waals surface area contributed by atoms with E-state index in [0.717, 1.165) is 30.7 Å². The second-order valence-corrected chi connectivity index (χ2v) is 8.30. The lowest BCUT2D eigenvalue weighted by Gasteiger charge is -2.18. The fourth-order valence-electron chi connectivity index (χ4n) is 3.72. The minimum Gasteiger partial charge on any atom is -0.355 e. The number of amides is 1. The maximum absolute atomic E-state index is 12.9. The quantitative estimate of drug-likeness (QED) is 0.692. The number of pyridine rings is 1. The first-order valence-corrected chi connectivity index (χ1v) is 9.53. The van der Waals surface area contributed by atoms with Crippen LogP contribution in [0.5, 0.6) is 0 Å². The zero-order valence-electron chi connectivity index (χ0n) is 14.5. The Labute approximate surface area is 151 Å². The number of nitrogens with one attached hydrogen (secondary N) is 1. The minimum atomic E-state index is -0.345. The molecule has 1 atom stereocenters. The summed E-state index contributed by atoms with van der Waals surface area (Å²) in [6.45, 7) is 5.01. The van der Waals surface area contributed by atoms with Gasteiger partial charge in [0.15, 0.2) is 5.65 Å². The Balaban J connectivity index is 1.36. The van der Waals surface area contributed by atoms with E-state index in [4.69, 9.17) is 0 Å². The molecular formula is C19H22N4OS. The molecule has 5 nitrogen and oxygen atoms in total. The molecule has 4 rings (SSSR count). The van der Waals surface area contributed by atoms with Crippen LogP contribution in [-0.4, -0.2) is 27.0 Å². The van der Waals surface area contributed by atoms with Gasteiger partial charge >= 0.3 is 0 Å². The van der Waals surface area contributed by atoms with Crippen LogP contribution >= 0.6 is 11.3 Å². The molecule has 0 unspecified atom stereocenters. The van der Waals surface area contributed by atoms with Gasteiger partial charge in [-0.15, -0.1) is 21.5 Å². The summed E-state index contributed by atoms with van der Waals surface area (Å²) in [6, 6.07) is 9.98. The highest BCUT2D eigenvalue weighted by atomic mass is 32.1. The Kier molecular flexibility index (Phi) is 3.87. The third kappa shape index (κ3) is 2.65. The molecule has 1 N–H and O–H groups in total. The van der Waals surface area contributed by atoms with Gasteiger partial charge in [-0.1, -0.05) is 26.0 Å². The van der Waals surface area contributed by atoms with Crippen molar-refractivity contribution in [2.45, 2.75) is 38.5 Å². The van der Waals surface area contributed by atoms with Gasteiger partial charge in [-0.05, 0) is 41.8 Å². The Bertz CT molecular complexity index is 899. The van der Waals surface area contributed by atoms with Crippen LogP contribution in [0, 0.1) is 5.41 Å². The standard InChI is InChI=1S/C19H22N4OS/c1-18(2)13-19(18,14-7-6-12-25-14)17(24)20-10-5-9-16-22-21-15-8-3-4-11-23(15)16/h3-4,6-8,11-12H,5,9-10,13H2,1-2H3,(H,20,24)/t19-/m0/s1. The number of aromatic nitrogens is 3. The summed E-state index contributed by atoms with van der Waals surface area (Å²) >= 11 is 1.68. The number of thiophene rings is 1. The van der Waals surface area contributed by atoms with E-state index in [1.165, 1.54) is 4.88 Å². The Hall–Kier alpha value is -2.21. The summed E-state index contributed by atoms with van der Waals surface area (Å²) in [4.78, 5) is 14.1. The van der Waals surface area contributed by atoms with Crippen LogP contribution in [0.1, 0.15) is 37.4 Å². The van der Waals surface area contributed by atoms with Crippen molar-refractivity contribution in [3.8, 4) is 0 Å². The molecule has 25 heavy (non-hydrogen) atoms. The molecule has 1 amide bonds. The van der Waals surface area contributed by atoms with Gasteiger partial charge in [-0.2, -0.15) is 0 Å². The van der Waals surface area contributed by atoms with Crippen LogP contribution in [0.4, 0.5) is 0 Å². The first-order chi connectivity index (χ1) is 12.0. The molecule has 3 aromatic heterocycles. The summed E-state index contributed by atoms with van der Waals surface area (Å²) in [5.74, 6) is 1.09. The average molecular weight is 354 g/mol. The fraction of sp³-hybridized carbons (Fsp3) is 0.421. The second-order valence-electron chi connectivity index (χ2n) is 7.35. The van der Waals surface area contributed by atoms with Gasteiger partial charge in [0, 0.05) is 24.0 Å². The molecule has 1 saturated carbocycles. The number of fused-ring (bicyclic) bond motifs is 1. The van der Waals surface area contributed by atoms with Crippen molar-refractivity contribution in [3.05, 3.63) is 52.6 Å². The summed E-state index contributed by atoms with van der Waals surface area (Å²) < 4.78 is 2.00. The lowest BCUT2D eigenvalue weighted by molar-refractivity contribution is -0.124. The van der Waals surface area contributed by atoms with Crippen LogP contribution < -0.4 is 5.32 Å². The number of nitrogens with zero attached hydrogens (tertiary/aromatic N) is 3. The average Bonchev–Trinajstić information content (AvgIpc) is 3.03. The number of hydrogen-bond donors (Lipinski definition) is 1. The largest absolute Gasteiger partial charge is 0.355 e. The molecule has 1 aliphatic carbocycles. The second kappa shape index (κ2) is 5.95. The third-order valence-electron chi connectivity index (χ3n) is 5.31. The molecule has 1 fully saturated rings. The Morgan fingerprint density at radius 3 is 2.84 bits per heavy atom. The highest BCUT2D eigenvalue weighted by Crippen LogP contribution is 2.65. The number of aryl methyl sites for hydroxylation is 1. The summed E-state index contributed by atoms with van der Waals surface area (Å²) in [5.41, 5.74) is 0.548. The van der Waals surface area contributed by atoms with Crippen LogP contribution in [0.25, 0.3) is 5.65 Å². The highest BCUT2D eigenvalue weighted by molar-refractivity contribution is 7.10. The third-order valence-corrected chi connectivity index (χ3v) is 6.35. The number of carbonyl (C=O) groups excluding carboxylic acids is 1. The summed E-state index contributed by atoms with van der Waals surface area (Å²) in [6.07, 6.45) is 4.53. The normalized spacial score (nSPS) is 21.4. The van der Waals surface area contributed by atoms with Crippen LogP contribution in [-0.2, 0) is 16.6 Å². The number of carbonyl (C=O) groups is 1. The van der Waals surface area contributed by atoms with Crippen LogP contribution in [0.15, 0.2) is 41.9 Å². The predicted octanol–water partition coefficient (Wildman–Crippen LogP) is 3.21. The van der Waals surface area contributed by atoms with E-state index in [1.54, 1.807) is 11.3 Å². The molecule has 0 aromatic carbocycles. The minimum absolute atomic E-state index is 0.0329. The van der Waals surface area contributed by atoms with Gasteiger partial charge in [0.25, 0.3) is 0 Å². The summed E-state index contributed by atoms with van der Waals surface area (Å²) in [7, 11) is 0.